The second-order valence-electron chi connectivity index (χ2n) is 6.74. The first-order valence-corrected chi connectivity index (χ1v) is 8.78. The molecule has 2 aromatic rings. The van der Waals surface area contributed by atoms with Crippen LogP contribution in [0.2, 0.25) is 0 Å². The Hall–Kier alpha value is -2.29. The summed E-state index contributed by atoms with van der Waals surface area (Å²) in [5, 5.41) is 0. The molecule has 3 rings (SSSR count). The standard InChI is InChI=1S/C21H25NO2/c1-16(2)13-15-24-19-11-9-18(10-12-19)21(23)22-14-5-7-17-6-3-4-8-20(17)22/h3-4,6,8-12,16H,5,7,13-15H2,1-2H3. The maximum atomic E-state index is 12.9. The van der Waals surface area contributed by atoms with Crippen molar-refractivity contribution in [2.24, 2.45) is 5.92 Å². The van der Waals surface area contributed by atoms with Crippen LogP contribution in [0.4, 0.5) is 5.69 Å². The molecule has 24 heavy (non-hydrogen) atoms. The van der Waals surface area contributed by atoms with E-state index in [1.54, 1.807) is 0 Å². The van der Waals surface area contributed by atoms with E-state index in [0.29, 0.717) is 18.1 Å². The first-order valence-electron chi connectivity index (χ1n) is 8.78. The van der Waals surface area contributed by atoms with Gasteiger partial charge in [0.25, 0.3) is 5.91 Å². The predicted molar refractivity (Wildman–Crippen MR) is 97.8 cm³/mol. The van der Waals surface area contributed by atoms with Crippen LogP contribution in [-0.4, -0.2) is 19.1 Å². The zero-order valence-electron chi connectivity index (χ0n) is 14.5. The molecule has 0 atom stereocenters. The zero-order valence-corrected chi connectivity index (χ0v) is 14.5. The van der Waals surface area contributed by atoms with Crippen LogP contribution in [0.3, 0.4) is 0 Å². The van der Waals surface area contributed by atoms with Crippen LogP contribution in [-0.2, 0) is 6.42 Å². The van der Waals surface area contributed by atoms with Gasteiger partial charge in [-0.3, -0.25) is 4.79 Å². The minimum atomic E-state index is 0.0656. The summed E-state index contributed by atoms with van der Waals surface area (Å²) >= 11 is 0. The number of anilines is 1. The van der Waals surface area contributed by atoms with E-state index in [0.717, 1.165) is 37.2 Å². The Kier molecular flexibility index (Phi) is 5.19. The van der Waals surface area contributed by atoms with Crippen molar-refractivity contribution < 1.29 is 9.53 Å². The molecule has 1 heterocycles. The number of rotatable bonds is 5. The van der Waals surface area contributed by atoms with Crippen LogP contribution in [0.5, 0.6) is 5.75 Å². The van der Waals surface area contributed by atoms with Crippen molar-refractivity contribution in [1.29, 1.82) is 0 Å². The molecule has 0 saturated carbocycles. The quantitative estimate of drug-likeness (QED) is 0.798. The number of aryl methyl sites for hydroxylation is 1. The summed E-state index contributed by atoms with van der Waals surface area (Å²) in [7, 11) is 0. The van der Waals surface area contributed by atoms with E-state index in [1.165, 1.54) is 5.56 Å². The van der Waals surface area contributed by atoms with Crippen molar-refractivity contribution in [3.8, 4) is 5.75 Å². The normalized spacial score (nSPS) is 13.7. The highest BCUT2D eigenvalue weighted by Crippen LogP contribution is 2.28. The van der Waals surface area contributed by atoms with Crippen LogP contribution in [0, 0.1) is 5.92 Å². The largest absolute Gasteiger partial charge is 0.494 e. The summed E-state index contributed by atoms with van der Waals surface area (Å²) in [4.78, 5) is 14.8. The third-order valence-corrected chi connectivity index (χ3v) is 4.42. The number of fused-ring (bicyclic) bond motifs is 1. The van der Waals surface area contributed by atoms with Gasteiger partial charge in [-0.2, -0.15) is 0 Å². The monoisotopic (exact) mass is 323 g/mol. The van der Waals surface area contributed by atoms with E-state index in [4.69, 9.17) is 4.74 Å². The van der Waals surface area contributed by atoms with Gasteiger partial charge < -0.3 is 9.64 Å². The van der Waals surface area contributed by atoms with Gasteiger partial charge in [0.1, 0.15) is 5.75 Å². The number of ether oxygens (including phenoxy) is 1. The minimum absolute atomic E-state index is 0.0656. The molecule has 1 aliphatic rings. The van der Waals surface area contributed by atoms with E-state index in [9.17, 15) is 4.79 Å². The van der Waals surface area contributed by atoms with Gasteiger partial charge in [0.2, 0.25) is 0 Å². The summed E-state index contributed by atoms with van der Waals surface area (Å²) in [6.45, 7) is 5.86. The zero-order chi connectivity index (χ0) is 16.9. The van der Waals surface area contributed by atoms with E-state index >= 15 is 0 Å². The fourth-order valence-electron chi connectivity index (χ4n) is 3.01. The second-order valence-corrected chi connectivity index (χ2v) is 6.74. The molecule has 3 heteroatoms. The van der Waals surface area contributed by atoms with Crippen molar-refractivity contribution in [2.75, 3.05) is 18.1 Å². The van der Waals surface area contributed by atoms with Gasteiger partial charge in [0.15, 0.2) is 0 Å². The molecule has 0 aromatic heterocycles. The summed E-state index contributed by atoms with van der Waals surface area (Å²) in [6, 6.07) is 15.7. The van der Waals surface area contributed by atoms with Crippen LogP contribution < -0.4 is 9.64 Å². The van der Waals surface area contributed by atoms with Crippen molar-refractivity contribution in [2.45, 2.75) is 33.1 Å². The lowest BCUT2D eigenvalue weighted by atomic mass is 10.0. The Morgan fingerprint density at radius 1 is 1.12 bits per heavy atom. The predicted octanol–water partition coefficient (Wildman–Crippen LogP) is 4.70. The van der Waals surface area contributed by atoms with Crippen LogP contribution in [0.1, 0.15) is 42.6 Å². The molecule has 0 bridgehead atoms. The van der Waals surface area contributed by atoms with Gasteiger partial charge in [-0.05, 0) is 61.1 Å². The number of amides is 1. The first kappa shape index (κ1) is 16.6. The maximum absolute atomic E-state index is 12.9. The van der Waals surface area contributed by atoms with Gasteiger partial charge in [-0.15, -0.1) is 0 Å². The molecular formula is C21H25NO2. The SMILES string of the molecule is CC(C)CCOc1ccc(C(=O)N2CCCc3ccccc32)cc1. The molecule has 0 spiro atoms. The molecule has 2 aromatic carbocycles. The molecule has 1 aliphatic heterocycles. The Bertz CT molecular complexity index is 691. The average molecular weight is 323 g/mol. The Morgan fingerprint density at radius 2 is 1.88 bits per heavy atom. The summed E-state index contributed by atoms with van der Waals surface area (Å²) in [5.74, 6) is 1.52. The molecule has 0 fully saturated rings. The lowest BCUT2D eigenvalue weighted by molar-refractivity contribution is 0.0985. The third-order valence-electron chi connectivity index (χ3n) is 4.42. The van der Waals surface area contributed by atoms with Gasteiger partial charge in [0.05, 0.1) is 6.61 Å². The van der Waals surface area contributed by atoms with Gasteiger partial charge in [0, 0.05) is 17.8 Å². The van der Waals surface area contributed by atoms with Gasteiger partial charge >= 0.3 is 0 Å². The molecule has 0 unspecified atom stereocenters. The van der Waals surface area contributed by atoms with Crippen LogP contribution >= 0.6 is 0 Å². The van der Waals surface area contributed by atoms with Gasteiger partial charge in [-0.1, -0.05) is 32.0 Å². The highest BCUT2D eigenvalue weighted by molar-refractivity contribution is 6.06. The van der Waals surface area contributed by atoms with Crippen molar-refractivity contribution in [1.82, 2.24) is 0 Å². The molecule has 0 N–H and O–H groups in total. The lowest BCUT2D eigenvalue weighted by Crippen LogP contribution is -2.35. The molecule has 126 valence electrons. The number of carbonyl (C=O) groups excluding carboxylic acids is 1. The molecule has 0 aliphatic carbocycles. The highest BCUT2D eigenvalue weighted by atomic mass is 16.5. The van der Waals surface area contributed by atoms with Gasteiger partial charge in [-0.25, -0.2) is 0 Å². The highest BCUT2D eigenvalue weighted by Gasteiger charge is 2.23. The fourth-order valence-corrected chi connectivity index (χ4v) is 3.01. The molecule has 1 amide bonds. The number of hydrogen-bond acceptors (Lipinski definition) is 2. The second kappa shape index (κ2) is 7.52. The lowest BCUT2D eigenvalue weighted by Gasteiger charge is -2.29. The van der Waals surface area contributed by atoms with Crippen molar-refractivity contribution in [3.05, 3.63) is 59.7 Å². The van der Waals surface area contributed by atoms with E-state index in [-0.39, 0.29) is 5.91 Å². The number of benzene rings is 2. The fraction of sp³-hybridized carbons (Fsp3) is 0.381. The summed E-state index contributed by atoms with van der Waals surface area (Å²) in [6.07, 6.45) is 3.09. The molecule has 0 radical (unpaired) electrons. The number of hydrogen-bond donors (Lipinski definition) is 0. The molecular weight excluding hydrogens is 298 g/mol. The molecule has 0 saturated heterocycles. The maximum Gasteiger partial charge on any atom is 0.258 e. The molecule has 3 nitrogen and oxygen atoms in total. The Labute approximate surface area is 144 Å². The minimum Gasteiger partial charge on any atom is -0.494 e. The first-order chi connectivity index (χ1) is 11.6. The number of nitrogens with zero attached hydrogens (tertiary/aromatic N) is 1. The van der Waals surface area contributed by atoms with E-state index < -0.39 is 0 Å². The summed E-state index contributed by atoms with van der Waals surface area (Å²) in [5.41, 5.74) is 3.01. The van der Waals surface area contributed by atoms with Crippen LogP contribution in [0.15, 0.2) is 48.5 Å². The van der Waals surface area contributed by atoms with Crippen molar-refractivity contribution >= 4 is 11.6 Å². The topological polar surface area (TPSA) is 29.5 Å². The van der Waals surface area contributed by atoms with E-state index in [2.05, 4.69) is 19.9 Å². The van der Waals surface area contributed by atoms with E-state index in [1.807, 2.05) is 47.4 Å². The third kappa shape index (κ3) is 3.78. The Morgan fingerprint density at radius 3 is 2.62 bits per heavy atom. The Balaban J connectivity index is 1.70. The number of para-hydroxylation sites is 1. The van der Waals surface area contributed by atoms with Crippen molar-refractivity contribution in [3.63, 3.8) is 0 Å². The summed E-state index contributed by atoms with van der Waals surface area (Å²) < 4.78 is 5.73. The van der Waals surface area contributed by atoms with Crippen LogP contribution in [0.25, 0.3) is 0 Å². The average Bonchev–Trinajstić information content (AvgIpc) is 2.61. The smallest absolute Gasteiger partial charge is 0.258 e. The number of carbonyl (C=O) groups is 1.